The Morgan fingerprint density at radius 2 is 2.06 bits per heavy atom. The zero-order valence-electron chi connectivity index (χ0n) is 8.73. The van der Waals surface area contributed by atoms with Crippen LogP contribution in [0.1, 0.15) is 24.3 Å². The summed E-state index contributed by atoms with van der Waals surface area (Å²) in [6.45, 7) is 0.443. The maximum absolute atomic E-state index is 12.7. The van der Waals surface area contributed by atoms with E-state index in [9.17, 15) is 9.18 Å². The average molecular weight is 224 g/mol. The first kappa shape index (κ1) is 11.1. The maximum atomic E-state index is 12.7. The largest absolute Gasteiger partial charge is 0.479 e. The quantitative estimate of drug-likeness (QED) is 0.837. The number of carboxylic acid groups (broad SMARTS) is 1. The van der Waals surface area contributed by atoms with Crippen LogP contribution in [0.5, 0.6) is 0 Å². The first-order valence-electron chi connectivity index (χ1n) is 5.26. The van der Waals surface area contributed by atoms with Crippen LogP contribution in [-0.2, 0) is 9.53 Å². The van der Waals surface area contributed by atoms with Crippen LogP contribution < -0.4 is 0 Å². The molecule has 1 N–H and O–H groups in total. The van der Waals surface area contributed by atoms with Gasteiger partial charge in [0, 0.05) is 6.61 Å². The van der Waals surface area contributed by atoms with Gasteiger partial charge in [0.25, 0.3) is 0 Å². The third-order valence-corrected chi connectivity index (χ3v) is 2.90. The van der Waals surface area contributed by atoms with Gasteiger partial charge in [-0.15, -0.1) is 0 Å². The number of carboxylic acids is 1. The number of halogens is 1. The van der Waals surface area contributed by atoms with Crippen molar-refractivity contribution in [3.05, 3.63) is 35.6 Å². The number of ether oxygens (including phenoxy) is 1. The second-order valence-electron chi connectivity index (χ2n) is 3.97. The van der Waals surface area contributed by atoms with Crippen molar-refractivity contribution in [3.8, 4) is 0 Å². The van der Waals surface area contributed by atoms with Gasteiger partial charge in [-0.05, 0) is 36.5 Å². The third kappa shape index (κ3) is 2.39. The lowest BCUT2D eigenvalue weighted by Crippen LogP contribution is -2.31. The Morgan fingerprint density at radius 3 is 2.69 bits per heavy atom. The fourth-order valence-corrected chi connectivity index (χ4v) is 2.01. The summed E-state index contributed by atoms with van der Waals surface area (Å²) in [7, 11) is 0. The predicted molar refractivity (Wildman–Crippen MR) is 55.8 cm³/mol. The Labute approximate surface area is 92.9 Å². The van der Waals surface area contributed by atoms with Crippen LogP contribution >= 0.6 is 0 Å². The molecule has 0 spiro atoms. The van der Waals surface area contributed by atoms with Gasteiger partial charge in [0.05, 0.1) is 0 Å². The molecule has 86 valence electrons. The molecule has 0 saturated carbocycles. The summed E-state index contributed by atoms with van der Waals surface area (Å²) in [5.74, 6) is -1.05. The van der Waals surface area contributed by atoms with Gasteiger partial charge in [0.15, 0.2) is 6.10 Å². The van der Waals surface area contributed by atoms with E-state index in [2.05, 4.69) is 0 Å². The van der Waals surface area contributed by atoms with E-state index in [1.807, 2.05) is 0 Å². The van der Waals surface area contributed by atoms with Gasteiger partial charge < -0.3 is 9.84 Å². The molecule has 0 aliphatic carbocycles. The Kier molecular flexibility index (Phi) is 3.19. The molecule has 1 aliphatic rings. The van der Waals surface area contributed by atoms with Gasteiger partial charge in [-0.1, -0.05) is 12.1 Å². The predicted octanol–water partition coefficient (Wildman–Crippen LogP) is 2.17. The molecular formula is C12H13FO3. The SMILES string of the molecule is O=C(O)C1CC(c2ccc(F)cc2)CCO1. The molecule has 1 heterocycles. The van der Waals surface area contributed by atoms with E-state index in [1.54, 1.807) is 12.1 Å². The van der Waals surface area contributed by atoms with Gasteiger partial charge in [0.2, 0.25) is 0 Å². The van der Waals surface area contributed by atoms with Crippen molar-refractivity contribution in [2.24, 2.45) is 0 Å². The summed E-state index contributed by atoms with van der Waals surface area (Å²) in [6, 6.07) is 6.23. The lowest BCUT2D eigenvalue weighted by atomic mass is 9.88. The monoisotopic (exact) mass is 224 g/mol. The van der Waals surface area contributed by atoms with Crippen molar-refractivity contribution in [1.29, 1.82) is 0 Å². The second-order valence-corrected chi connectivity index (χ2v) is 3.97. The van der Waals surface area contributed by atoms with Crippen LogP contribution in [0, 0.1) is 5.82 Å². The molecule has 2 unspecified atom stereocenters. The maximum Gasteiger partial charge on any atom is 0.332 e. The topological polar surface area (TPSA) is 46.5 Å². The molecule has 0 radical (unpaired) electrons. The van der Waals surface area contributed by atoms with Gasteiger partial charge in [0.1, 0.15) is 5.82 Å². The first-order chi connectivity index (χ1) is 7.66. The Morgan fingerprint density at radius 1 is 1.38 bits per heavy atom. The van der Waals surface area contributed by atoms with Gasteiger partial charge in [-0.3, -0.25) is 0 Å². The summed E-state index contributed by atoms with van der Waals surface area (Å²) in [4.78, 5) is 10.8. The number of aliphatic carboxylic acids is 1. The van der Waals surface area contributed by atoms with Crippen LogP contribution in [0.3, 0.4) is 0 Å². The lowest BCUT2D eigenvalue weighted by Gasteiger charge is -2.27. The summed E-state index contributed by atoms with van der Waals surface area (Å²) in [5, 5.41) is 8.86. The Balaban J connectivity index is 2.09. The number of hydrogen-bond acceptors (Lipinski definition) is 2. The molecule has 1 aliphatic heterocycles. The molecule has 1 aromatic carbocycles. The molecule has 1 aromatic rings. The van der Waals surface area contributed by atoms with E-state index in [1.165, 1.54) is 12.1 Å². The molecular weight excluding hydrogens is 211 g/mol. The molecule has 2 atom stereocenters. The molecule has 2 rings (SSSR count). The van der Waals surface area contributed by atoms with Gasteiger partial charge in [-0.25, -0.2) is 9.18 Å². The van der Waals surface area contributed by atoms with Crippen LogP contribution in [0.2, 0.25) is 0 Å². The van der Waals surface area contributed by atoms with Crippen LogP contribution in [0.4, 0.5) is 4.39 Å². The normalized spacial score (nSPS) is 25.3. The highest BCUT2D eigenvalue weighted by Gasteiger charge is 2.28. The Bertz CT molecular complexity index is 374. The molecule has 4 heteroatoms. The van der Waals surface area contributed by atoms with E-state index < -0.39 is 12.1 Å². The van der Waals surface area contributed by atoms with Crippen LogP contribution in [0.15, 0.2) is 24.3 Å². The van der Waals surface area contributed by atoms with Crippen molar-refractivity contribution in [1.82, 2.24) is 0 Å². The van der Waals surface area contributed by atoms with Crippen molar-refractivity contribution >= 4 is 5.97 Å². The third-order valence-electron chi connectivity index (χ3n) is 2.90. The zero-order valence-corrected chi connectivity index (χ0v) is 8.73. The van der Waals surface area contributed by atoms with Gasteiger partial charge in [-0.2, -0.15) is 0 Å². The number of carbonyl (C=O) groups is 1. The van der Waals surface area contributed by atoms with Crippen molar-refractivity contribution in [2.75, 3.05) is 6.61 Å². The standard InChI is InChI=1S/C12H13FO3/c13-10-3-1-8(2-4-10)9-5-6-16-11(7-9)12(14)15/h1-4,9,11H,5-7H2,(H,14,15). The minimum Gasteiger partial charge on any atom is -0.479 e. The van der Waals surface area contributed by atoms with Crippen molar-refractivity contribution in [3.63, 3.8) is 0 Å². The van der Waals surface area contributed by atoms with Gasteiger partial charge >= 0.3 is 5.97 Å². The van der Waals surface area contributed by atoms with E-state index >= 15 is 0 Å². The average Bonchev–Trinajstić information content (AvgIpc) is 2.30. The minimum atomic E-state index is -0.924. The van der Waals surface area contributed by atoms with E-state index in [0.717, 1.165) is 12.0 Å². The second kappa shape index (κ2) is 4.61. The summed E-state index contributed by atoms with van der Waals surface area (Å²) < 4.78 is 17.9. The number of benzene rings is 1. The van der Waals surface area contributed by atoms with Crippen molar-refractivity contribution < 1.29 is 19.0 Å². The molecule has 0 bridgehead atoms. The van der Waals surface area contributed by atoms with E-state index in [4.69, 9.17) is 9.84 Å². The van der Waals surface area contributed by atoms with E-state index in [0.29, 0.717) is 13.0 Å². The fraction of sp³-hybridized carbons (Fsp3) is 0.417. The summed E-state index contributed by atoms with van der Waals surface area (Å²) in [5.41, 5.74) is 0.982. The zero-order chi connectivity index (χ0) is 11.5. The fourth-order valence-electron chi connectivity index (χ4n) is 2.01. The molecule has 0 aromatic heterocycles. The van der Waals surface area contributed by atoms with E-state index in [-0.39, 0.29) is 11.7 Å². The smallest absolute Gasteiger partial charge is 0.332 e. The van der Waals surface area contributed by atoms with Crippen LogP contribution in [-0.4, -0.2) is 23.8 Å². The highest BCUT2D eigenvalue weighted by Crippen LogP contribution is 2.30. The molecule has 1 saturated heterocycles. The molecule has 3 nitrogen and oxygen atoms in total. The highest BCUT2D eigenvalue weighted by molar-refractivity contribution is 5.72. The van der Waals surface area contributed by atoms with Crippen LogP contribution in [0.25, 0.3) is 0 Å². The Hall–Kier alpha value is -1.42. The minimum absolute atomic E-state index is 0.149. The molecule has 1 fully saturated rings. The summed E-state index contributed by atoms with van der Waals surface area (Å²) >= 11 is 0. The summed E-state index contributed by atoms with van der Waals surface area (Å²) in [6.07, 6.45) is 0.514. The number of hydrogen-bond donors (Lipinski definition) is 1. The molecule has 0 amide bonds. The highest BCUT2D eigenvalue weighted by atomic mass is 19.1. The number of rotatable bonds is 2. The van der Waals surface area contributed by atoms with Crippen molar-refractivity contribution in [2.45, 2.75) is 24.9 Å². The molecule has 16 heavy (non-hydrogen) atoms. The lowest BCUT2D eigenvalue weighted by molar-refractivity contribution is -0.153. The first-order valence-corrected chi connectivity index (χ1v) is 5.26.